The number of aromatic nitrogens is 2. The SMILES string of the molecule is CC(C)NCCN(C)Cc1nccn1C. The molecule has 1 N–H and O–H groups in total. The molecule has 0 saturated heterocycles. The molecule has 15 heavy (non-hydrogen) atoms. The van der Waals surface area contributed by atoms with Gasteiger partial charge in [-0.25, -0.2) is 4.98 Å². The Morgan fingerprint density at radius 2 is 2.27 bits per heavy atom. The predicted octanol–water partition coefficient (Wildman–Crippen LogP) is 0.850. The Balaban J connectivity index is 2.24. The Morgan fingerprint density at radius 1 is 1.53 bits per heavy atom. The second kappa shape index (κ2) is 5.88. The molecule has 0 radical (unpaired) electrons. The molecule has 0 spiro atoms. The molecule has 1 aromatic rings. The average molecular weight is 210 g/mol. The third-order valence-electron chi connectivity index (χ3n) is 2.38. The van der Waals surface area contributed by atoms with Gasteiger partial charge in [-0.3, -0.25) is 4.90 Å². The maximum Gasteiger partial charge on any atom is 0.122 e. The van der Waals surface area contributed by atoms with Gasteiger partial charge in [0.25, 0.3) is 0 Å². The Hall–Kier alpha value is -0.870. The van der Waals surface area contributed by atoms with E-state index in [1.54, 1.807) is 0 Å². The van der Waals surface area contributed by atoms with Gasteiger partial charge in [-0.1, -0.05) is 13.8 Å². The van der Waals surface area contributed by atoms with E-state index in [-0.39, 0.29) is 0 Å². The van der Waals surface area contributed by atoms with Crippen LogP contribution in [0.3, 0.4) is 0 Å². The third-order valence-corrected chi connectivity index (χ3v) is 2.38. The monoisotopic (exact) mass is 210 g/mol. The lowest BCUT2D eigenvalue weighted by molar-refractivity contribution is 0.309. The Labute approximate surface area is 92.3 Å². The summed E-state index contributed by atoms with van der Waals surface area (Å²) in [6.07, 6.45) is 3.82. The second-order valence-electron chi connectivity index (χ2n) is 4.30. The van der Waals surface area contributed by atoms with Gasteiger partial charge in [-0.2, -0.15) is 0 Å². The lowest BCUT2D eigenvalue weighted by Gasteiger charge is -2.17. The molecule has 0 fully saturated rings. The van der Waals surface area contributed by atoms with E-state index in [2.05, 4.69) is 40.7 Å². The quantitative estimate of drug-likeness (QED) is 0.755. The van der Waals surface area contributed by atoms with Crippen molar-refractivity contribution in [1.29, 1.82) is 0 Å². The molecule has 1 rings (SSSR count). The molecular weight excluding hydrogens is 188 g/mol. The first-order chi connectivity index (χ1) is 7.09. The van der Waals surface area contributed by atoms with Gasteiger partial charge < -0.3 is 9.88 Å². The van der Waals surface area contributed by atoms with Gasteiger partial charge in [-0.05, 0) is 7.05 Å². The summed E-state index contributed by atoms with van der Waals surface area (Å²) in [4.78, 5) is 6.58. The lowest BCUT2D eigenvalue weighted by Crippen LogP contribution is -2.33. The van der Waals surface area contributed by atoms with Gasteiger partial charge in [0.05, 0.1) is 6.54 Å². The smallest absolute Gasteiger partial charge is 0.122 e. The van der Waals surface area contributed by atoms with Crippen LogP contribution in [0.5, 0.6) is 0 Å². The molecule has 86 valence electrons. The van der Waals surface area contributed by atoms with Gasteiger partial charge in [0.2, 0.25) is 0 Å². The van der Waals surface area contributed by atoms with Crippen LogP contribution >= 0.6 is 0 Å². The van der Waals surface area contributed by atoms with Crippen LogP contribution in [-0.4, -0.2) is 40.6 Å². The number of nitrogens with one attached hydrogen (secondary N) is 1. The zero-order valence-corrected chi connectivity index (χ0v) is 10.2. The molecule has 0 aromatic carbocycles. The minimum atomic E-state index is 0.562. The first-order valence-corrected chi connectivity index (χ1v) is 5.47. The van der Waals surface area contributed by atoms with Gasteiger partial charge in [0, 0.05) is 38.6 Å². The number of hydrogen-bond donors (Lipinski definition) is 1. The third kappa shape index (κ3) is 4.44. The summed E-state index contributed by atoms with van der Waals surface area (Å²) in [5, 5.41) is 3.40. The summed E-state index contributed by atoms with van der Waals surface area (Å²) in [5.74, 6) is 1.11. The van der Waals surface area contributed by atoms with Gasteiger partial charge >= 0.3 is 0 Å². The molecular formula is C11H22N4. The molecule has 0 amide bonds. The maximum absolute atomic E-state index is 4.30. The fourth-order valence-electron chi connectivity index (χ4n) is 1.41. The van der Waals surface area contributed by atoms with E-state index >= 15 is 0 Å². The average Bonchev–Trinajstić information content (AvgIpc) is 2.51. The fourth-order valence-corrected chi connectivity index (χ4v) is 1.41. The van der Waals surface area contributed by atoms with Crippen LogP contribution in [0.25, 0.3) is 0 Å². The van der Waals surface area contributed by atoms with Crippen LogP contribution in [0.4, 0.5) is 0 Å². The summed E-state index contributed by atoms with van der Waals surface area (Å²) < 4.78 is 2.06. The molecule has 0 aliphatic carbocycles. The highest BCUT2D eigenvalue weighted by atomic mass is 15.2. The van der Waals surface area contributed by atoms with Crippen LogP contribution in [0.1, 0.15) is 19.7 Å². The van der Waals surface area contributed by atoms with Crippen molar-refractivity contribution >= 4 is 0 Å². The zero-order valence-electron chi connectivity index (χ0n) is 10.2. The number of nitrogens with zero attached hydrogens (tertiary/aromatic N) is 3. The van der Waals surface area contributed by atoms with Crippen molar-refractivity contribution in [2.75, 3.05) is 20.1 Å². The van der Waals surface area contributed by atoms with E-state index in [0.717, 1.165) is 25.5 Å². The van der Waals surface area contributed by atoms with Crippen molar-refractivity contribution in [3.63, 3.8) is 0 Å². The van der Waals surface area contributed by atoms with Gasteiger partial charge in [0.15, 0.2) is 0 Å². The lowest BCUT2D eigenvalue weighted by atomic mass is 10.4. The standard InChI is InChI=1S/C11H22N4/c1-10(2)12-5-7-14(3)9-11-13-6-8-15(11)4/h6,8,10,12H,5,7,9H2,1-4H3. The maximum atomic E-state index is 4.30. The summed E-state index contributed by atoms with van der Waals surface area (Å²) in [6, 6.07) is 0.562. The minimum Gasteiger partial charge on any atom is -0.337 e. The van der Waals surface area contributed by atoms with E-state index in [1.807, 2.05) is 19.4 Å². The van der Waals surface area contributed by atoms with Crippen LogP contribution in [-0.2, 0) is 13.6 Å². The number of imidazole rings is 1. The summed E-state index contributed by atoms with van der Waals surface area (Å²) in [6.45, 7) is 7.31. The van der Waals surface area contributed by atoms with Crippen LogP contribution < -0.4 is 5.32 Å². The van der Waals surface area contributed by atoms with E-state index in [1.165, 1.54) is 0 Å². The second-order valence-corrected chi connectivity index (χ2v) is 4.30. The van der Waals surface area contributed by atoms with E-state index in [9.17, 15) is 0 Å². The molecule has 0 aliphatic rings. The Morgan fingerprint density at radius 3 is 2.80 bits per heavy atom. The molecule has 0 unspecified atom stereocenters. The molecule has 0 bridgehead atoms. The predicted molar refractivity (Wildman–Crippen MR) is 62.7 cm³/mol. The molecule has 1 heterocycles. The van der Waals surface area contributed by atoms with Crippen molar-refractivity contribution in [2.45, 2.75) is 26.4 Å². The highest BCUT2D eigenvalue weighted by Gasteiger charge is 2.03. The van der Waals surface area contributed by atoms with Crippen molar-refractivity contribution in [1.82, 2.24) is 19.8 Å². The molecule has 4 heteroatoms. The molecule has 0 saturated carbocycles. The summed E-state index contributed by atoms with van der Waals surface area (Å²) >= 11 is 0. The zero-order chi connectivity index (χ0) is 11.3. The van der Waals surface area contributed by atoms with E-state index in [4.69, 9.17) is 0 Å². The number of likely N-dealkylation sites (N-methyl/N-ethyl adjacent to an activating group) is 1. The van der Waals surface area contributed by atoms with Crippen molar-refractivity contribution in [2.24, 2.45) is 7.05 Å². The fraction of sp³-hybridized carbons (Fsp3) is 0.727. The number of hydrogen-bond acceptors (Lipinski definition) is 3. The summed E-state index contributed by atoms with van der Waals surface area (Å²) in [7, 11) is 4.15. The van der Waals surface area contributed by atoms with E-state index < -0.39 is 0 Å². The normalized spacial score (nSPS) is 11.6. The number of aryl methyl sites for hydroxylation is 1. The largest absolute Gasteiger partial charge is 0.337 e. The van der Waals surface area contributed by atoms with Gasteiger partial charge in [0.1, 0.15) is 5.82 Å². The van der Waals surface area contributed by atoms with Gasteiger partial charge in [-0.15, -0.1) is 0 Å². The number of rotatable bonds is 6. The first kappa shape index (κ1) is 12.2. The van der Waals surface area contributed by atoms with E-state index in [0.29, 0.717) is 6.04 Å². The van der Waals surface area contributed by atoms with Crippen LogP contribution in [0, 0.1) is 0 Å². The molecule has 4 nitrogen and oxygen atoms in total. The minimum absolute atomic E-state index is 0.562. The molecule has 0 atom stereocenters. The van der Waals surface area contributed by atoms with Crippen LogP contribution in [0.2, 0.25) is 0 Å². The highest BCUT2D eigenvalue weighted by Crippen LogP contribution is 1.98. The highest BCUT2D eigenvalue weighted by molar-refractivity contribution is 4.90. The van der Waals surface area contributed by atoms with Crippen molar-refractivity contribution in [3.8, 4) is 0 Å². The first-order valence-electron chi connectivity index (χ1n) is 5.47. The Kier molecular flexibility index (Phi) is 4.78. The van der Waals surface area contributed by atoms with Crippen molar-refractivity contribution in [3.05, 3.63) is 18.2 Å². The summed E-state index contributed by atoms with van der Waals surface area (Å²) in [5.41, 5.74) is 0. The van der Waals surface area contributed by atoms with Crippen LogP contribution in [0.15, 0.2) is 12.4 Å². The Bertz CT molecular complexity index is 280. The molecule has 1 aromatic heterocycles. The molecule has 0 aliphatic heterocycles. The topological polar surface area (TPSA) is 33.1 Å². The van der Waals surface area contributed by atoms with Crippen molar-refractivity contribution < 1.29 is 0 Å².